The fourth-order valence-electron chi connectivity index (χ4n) is 2.66. The Kier molecular flexibility index (Phi) is 5.93. The minimum atomic E-state index is -3.18. The van der Waals surface area contributed by atoms with Crippen LogP contribution in [0.4, 0.5) is 5.69 Å². The van der Waals surface area contributed by atoms with Gasteiger partial charge in [-0.05, 0) is 31.5 Å². The molecule has 1 aliphatic heterocycles. The molecule has 7 heteroatoms. The van der Waals surface area contributed by atoms with Crippen molar-refractivity contribution in [1.29, 1.82) is 0 Å². The predicted molar refractivity (Wildman–Crippen MR) is 87.1 cm³/mol. The Hall–Kier alpha value is -1.44. The Morgan fingerprint density at radius 1 is 1.32 bits per heavy atom. The highest BCUT2D eigenvalue weighted by Crippen LogP contribution is 2.12. The molecule has 0 saturated carbocycles. The smallest absolute Gasteiger partial charge is 0.225 e. The van der Waals surface area contributed by atoms with E-state index in [0.717, 1.165) is 25.1 Å². The van der Waals surface area contributed by atoms with Crippen molar-refractivity contribution in [3.05, 3.63) is 30.3 Å². The third kappa shape index (κ3) is 6.13. The van der Waals surface area contributed by atoms with Gasteiger partial charge in [-0.2, -0.15) is 0 Å². The van der Waals surface area contributed by atoms with Crippen LogP contribution in [-0.2, 0) is 14.8 Å². The SMILES string of the molecule is CS(=O)(=O)NC1CCCN(CCC(=O)Nc2ccccc2)C1. The number of hydrogen-bond donors (Lipinski definition) is 2. The molecule has 0 aliphatic carbocycles. The van der Waals surface area contributed by atoms with Gasteiger partial charge in [-0.25, -0.2) is 13.1 Å². The van der Waals surface area contributed by atoms with E-state index in [0.29, 0.717) is 19.5 Å². The number of para-hydroxylation sites is 1. The van der Waals surface area contributed by atoms with Crippen molar-refractivity contribution in [2.45, 2.75) is 25.3 Å². The van der Waals surface area contributed by atoms with E-state index in [1.165, 1.54) is 6.26 Å². The van der Waals surface area contributed by atoms with Gasteiger partial charge >= 0.3 is 0 Å². The van der Waals surface area contributed by atoms with E-state index in [1.54, 1.807) is 0 Å². The summed E-state index contributed by atoms with van der Waals surface area (Å²) < 4.78 is 25.2. The molecule has 1 aromatic carbocycles. The van der Waals surface area contributed by atoms with Gasteiger partial charge in [-0.15, -0.1) is 0 Å². The summed E-state index contributed by atoms with van der Waals surface area (Å²) in [6.45, 7) is 2.20. The monoisotopic (exact) mass is 325 g/mol. The molecule has 2 rings (SSSR count). The maximum Gasteiger partial charge on any atom is 0.225 e. The summed E-state index contributed by atoms with van der Waals surface area (Å²) in [7, 11) is -3.18. The number of rotatable bonds is 6. The molecule has 1 amide bonds. The Balaban J connectivity index is 1.75. The quantitative estimate of drug-likeness (QED) is 0.819. The zero-order valence-corrected chi connectivity index (χ0v) is 13.6. The van der Waals surface area contributed by atoms with Gasteiger partial charge in [-0.1, -0.05) is 18.2 Å². The van der Waals surface area contributed by atoms with Gasteiger partial charge in [0.2, 0.25) is 15.9 Å². The van der Waals surface area contributed by atoms with E-state index in [-0.39, 0.29) is 11.9 Å². The van der Waals surface area contributed by atoms with E-state index in [1.807, 2.05) is 30.3 Å². The Bertz CT molecular complexity index is 589. The molecule has 6 nitrogen and oxygen atoms in total. The minimum absolute atomic E-state index is 0.0237. The molecule has 1 atom stereocenters. The van der Waals surface area contributed by atoms with Gasteiger partial charge in [0, 0.05) is 31.2 Å². The van der Waals surface area contributed by atoms with E-state index in [9.17, 15) is 13.2 Å². The second-order valence-electron chi connectivity index (χ2n) is 5.69. The summed E-state index contributed by atoms with van der Waals surface area (Å²) in [6.07, 6.45) is 3.37. The molecule has 1 heterocycles. The number of carbonyl (C=O) groups excluding carboxylic acids is 1. The fraction of sp³-hybridized carbons (Fsp3) is 0.533. The summed E-state index contributed by atoms with van der Waals surface area (Å²) in [6, 6.07) is 9.30. The average Bonchev–Trinajstić information content (AvgIpc) is 2.45. The molecule has 22 heavy (non-hydrogen) atoms. The van der Waals surface area contributed by atoms with Crippen LogP contribution >= 0.6 is 0 Å². The van der Waals surface area contributed by atoms with E-state index < -0.39 is 10.0 Å². The maximum absolute atomic E-state index is 11.9. The molecule has 0 spiro atoms. The van der Waals surface area contributed by atoms with Crippen LogP contribution in [0.1, 0.15) is 19.3 Å². The summed E-state index contributed by atoms with van der Waals surface area (Å²) >= 11 is 0. The van der Waals surface area contributed by atoms with Crippen LogP contribution in [0.25, 0.3) is 0 Å². The number of amides is 1. The van der Waals surface area contributed by atoms with Crippen LogP contribution in [0.2, 0.25) is 0 Å². The molecule has 0 bridgehead atoms. The number of nitrogens with one attached hydrogen (secondary N) is 2. The molecule has 0 radical (unpaired) electrons. The van der Waals surface area contributed by atoms with Crippen molar-refractivity contribution in [1.82, 2.24) is 9.62 Å². The molecular formula is C15H23N3O3S. The first-order valence-corrected chi connectivity index (χ1v) is 9.36. The van der Waals surface area contributed by atoms with Gasteiger partial charge in [0.25, 0.3) is 0 Å². The molecule has 122 valence electrons. The Labute approximate surface area is 131 Å². The zero-order chi connectivity index (χ0) is 16.0. The summed E-state index contributed by atoms with van der Waals surface area (Å²) in [5.41, 5.74) is 0.794. The van der Waals surface area contributed by atoms with Gasteiger partial charge in [0.1, 0.15) is 0 Å². The van der Waals surface area contributed by atoms with Crippen molar-refractivity contribution in [3.63, 3.8) is 0 Å². The van der Waals surface area contributed by atoms with Crippen LogP contribution in [0, 0.1) is 0 Å². The molecular weight excluding hydrogens is 302 g/mol. The second kappa shape index (κ2) is 7.71. The second-order valence-corrected chi connectivity index (χ2v) is 7.47. The molecule has 2 N–H and O–H groups in total. The predicted octanol–water partition coefficient (Wildman–Crippen LogP) is 1.03. The normalized spacial score (nSPS) is 19.8. The minimum Gasteiger partial charge on any atom is -0.326 e. The fourth-order valence-corrected chi connectivity index (χ4v) is 3.46. The number of hydrogen-bond acceptors (Lipinski definition) is 4. The number of likely N-dealkylation sites (tertiary alicyclic amines) is 1. The van der Waals surface area contributed by atoms with Gasteiger partial charge in [-0.3, -0.25) is 4.79 Å². The molecule has 1 unspecified atom stereocenters. The van der Waals surface area contributed by atoms with Crippen LogP contribution in [0.15, 0.2) is 30.3 Å². The number of piperidine rings is 1. The molecule has 1 fully saturated rings. The molecule has 1 saturated heterocycles. The van der Waals surface area contributed by atoms with Crippen LogP contribution in [-0.4, -0.2) is 51.2 Å². The first-order chi connectivity index (χ1) is 10.4. The van der Waals surface area contributed by atoms with Crippen LogP contribution in [0.3, 0.4) is 0 Å². The summed E-state index contributed by atoms with van der Waals surface area (Å²) in [5.74, 6) is -0.0237. The van der Waals surface area contributed by atoms with E-state index in [4.69, 9.17) is 0 Å². The van der Waals surface area contributed by atoms with E-state index in [2.05, 4.69) is 14.9 Å². The van der Waals surface area contributed by atoms with E-state index >= 15 is 0 Å². The Morgan fingerprint density at radius 2 is 2.05 bits per heavy atom. The van der Waals surface area contributed by atoms with Gasteiger partial charge in [0.15, 0.2) is 0 Å². The highest BCUT2D eigenvalue weighted by Gasteiger charge is 2.22. The maximum atomic E-state index is 11.9. The molecule has 0 aromatic heterocycles. The lowest BCUT2D eigenvalue weighted by Gasteiger charge is -2.32. The largest absolute Gasteiger partial charge is 0.326 e. The van der Waals surface area contributed by atoms with Crippen LogP contribution in [0.5, 0.6) is 0 Å². The highest BCUT2D eigenvalue weighted by molar-refractivity contribution is 7.88. The number of anilines is 1. The molecule has 1 aliphatic rings. The first-order valence-electron chi connectivity index (χ1n) is 7.47. The first kappa shape index (κ1) is 16.9. The van der Waals surface area contributed by atoms with Crippen molar-refractivity contribution in [2.75, 3.05) is 31.2 Å². The van der Waals surface area contributed by atoms with Crippen LogP contribution < -0.4 is 10.0 Å². The third-order valence-electron chi connectivity index (χ3n) is 3.60. The standard InChI is InChI=1S/C15H23N3O3S/c1-22(20,21)17-14-8-5-10-18(12-14)11-9-15(19)16-13-6-3-2-4-7-13/h2-4,6-7,14,17H,5,8-12H2,1H3,(H,16,19). The lowest BCUT2D eigenvalue weighted by molar-refractivity contribution is -0.116. The highest BCUT2D eigenvalue weighted by atomic mass is 32.2. The van der Waals surface area contributed by atoms with Crippen molar-refractivity contribution in [3.8, 4) is 0 Å². The number of benzene rings is 1. The lowest BCUT2D eigenvalue weighted by atomic mass is 10.1. The van der Waals surface area contributed by atoms with Crippen molar-refractivity contribution < 1.29 is 13.2 Å². The number of nitrogens with zero attached hydrogens (tertiary/aromatic N) is 1. The van der Waals surface area contributed by atoms with Gasteiger partial charge < -0.3 is 10.2 Å². The molecule has 1 aromatic rings. The number of carbonyl (C=O) groups is 1. The zero-order valence-electron chi connectivity index (χ0n) is 12.8. The van der Waals surface area contributed by atoms with Crippen molar-refractivity contribution in [2.24, 2.45) is 0 Å². The Morgan fingerprint density at radius 3 is 2.73 bits per heavy atom. The lowest BCUT2D eigenvalue weighted by Crippen LogP contribution is -2.47. The number of sulfonamides is 1. The summed E-state index contributed by atoms with van der Waals surface area (Å²) in [5, 5.41) is 2.85. The van der Waals surface area contributed by atoms with Crippen molar-refractivity contribution >= 4 is 21.6 Å². The average molecular weight is 325 g/mol. The topological polar surface area (TPSA) is 78.5 Å². The third-order valence-corrected chi connectivity index (χ3v) is 4.36. The van der Waals surface area contributed by atoms with Gasteiger partial charge in [0.05, 0.1) is 6.26 Å². The summed E-state index contributed by atoms with van der Waals surface area (Å²) in [4.78, 5) is 14.1.